The van der Waals surface area contributed by atoms with E-state index in [2.05, 4.69) is 5.32 Å². The van der Waals surface area contributed by atoms with E-state index in [1.807, 2.05) is 47.8 Å². The highest BCUT2D eigenvalue weighted by Gasteiger charge is 2.29. The highest BCUT2D eigenvalue weighted by Crippen LogP contribution is 2.22. The lowest BCUT2D eigenvalue weighted by atomic mass is 9.97. The Kier molecular flexibility index (Phi) is 6.97. The van der Waals surface area contributed by atoms with E-state index in [-0.39, 0.29) is 30.3 Å². The molecule has 2 heterocycles. The molecule has 32 heavy (non-hydrogen) atoms. The number of thiophene rings is 1. The van der Waals surface area contributed by atoms with Crippen molar-refractivity contribution in [3.8, 4) is 0 Å². The number of rotatable bonds is 6. The van der Waals surface area contributed by atoms with E-state index < -0.39 is 0 Å². The monoisotopic (exact) mass is 448 g/mol. The van der Waals surface area contributed by atoms with Crippen molar-refractivity contribution in [2.45, 2.75) is 19.4 Å². The van der Waals surface area contributed by atoms with Gasteiger partial charge in [0.1, 0.15) is 6.61 Å². The van der Waals surface area contributed by atoms with Crippen LogP contribution in [0.1, 0.15) is 38.4 Å². The normalized spacial score (nSPS) is 14.1. The molecule has 0 atom stereocenters. The highest BCUT2D eigenvalue weighted by atomic mass is 32.1. The van der Waals surface area contributed by atoms with E-state index in [1.165, 1.54) is 11.3 Å². The number of likely N-dealkylation sites (tertiary alicyclic amines) is 1. The molecule has 1 N–H and O–H groups in total. The lowest BCUT2D eigenvalue weighted by Crippen LogP contribution is -2.40. The minimum atomic E-state index is -0.237. The Bertz CT molecular complexity index is 1060. The van der Waals surface area contributed by atoms with Crippen LogP contribution < -0.4 is 5.32 Å². The van der Waals surface area contributed by atoms with Gasteiger partial charge in [-0.05, 0) is 54.1 Å². The molecule has 0 radical (unpaired) electrons. The molecule has 0 saturated carbocycles. The van der Waals surface area contributed by atoms with Crippen LogP contribution in [0.25, 0.3) is 0 Å². The molecular formula is C25H24N2O4S. The standard InChI is InChI=1S/C25H24N2O4S/c28-23(26-21-5-2-1-3-6-21)19-10-8-18(9-11-19)17-31-25(30)20-12-14-27(15-13-20)24(29)22-7-4-16-32-22/h1-11,16,20H,12-15,17H2,(H,26,28). The first kappa shape index (κ1) is 21.8. The van der Waals surface area contributed by atoms with Crippen LogP contribution in [-0.4, -0.2) is 35.8 Å². The Hall–Kier alpha value is -3.45. The van der Waals surface area contributed by atoms with Crippen molar-refractivity contribution in [3.63, 3.8) is 0 Å². The van der Waals surface area contributed by atoms with Gasteiger partial charge in [0.25, 0.3) is 11.8 Å². The number of anilines is 1. The largest absolute Gasteiger partial charge is 0.461 e. The fourth-order valence-corrected chi connectivity index (χ4v) is 4.31. The van der Waals surface area contributed by atoms with Gasteiger partial charge in [-0.15, -0.1) is 11.3 Å². The van der Waals surface area contributed by atoms with Crippen LogP contribution >= 0.6 is 11.3 Å². The Morgan fingerprint density at radius 3 is 2.31 bits per heavy atom. The zero-order valence-corrected chi connectivity index (χ0v) is 18.3. The van der Waals surface area contributed by atoms with Crippen molar-refractivity contribution in [2.24, 2.45) is 5.92 Å². The lowest BCUT2D eigenvalue weighted by Gasteiger charge is -2.30. The summed E-state index contributed by atoms with van der Waals surface area (Å²) >= 11 is 1.43. The van der Waals surface area contributed by atoms with Gasteiger partial charge in [0, 0.05) is 24.3 Å². The predicted molar refractivity (Wildman–Crippen MR) is 124 cm³/mol. The Morgan fingerprint density at radius 2 is 1.66 bits per heavy atom. The summed E-state index contributed by atoms with van der Waals surface area (Å²) in [7, 11) is 0. The van der Waals surface area contributed by atoms with Gasteiger partial charge in [-0.1, -0.05) is 36.4 Å². The van der Waals surface area contributed by atoms with Gasteiger partial charge in [0.15, 0.2) is 0 Å². The van der Waals surface area contributed by atoms with Crippen LogP contribution in [0.3, 0.4) is 0 Å². The number of esters is 1. The van der Waals surface area contributed by atoms with E-state index in [0.717, 1.165) is 16.1 Å². The van der Waals surface area contributed by atoms with Gasteiger partial charge in [-0.3, -0.25) is 14.4 Å². The van der Waals surface area contributed by atoms with Gasteiger partial charge in [-0.2, -0.15) is 0 Å². The first-order chi connectivity index (χ1) is 15.6. The fraction of sp³-hybridized carbons (Fsp3) is 0.240. The summed E-state index contributed by atoms with van der Waals surface area (Å²) in [6, 6.07) is 20.0. The van der Waals surface area contributed by atoms with E-state index in [1.54, 1.807) is 29.2 Å². The summed E-state index contributed by atoms with van der Waals surface area (Å²) in [5.41, 5.74) is 2.09. The quantitative estimate of drug-likeness (QED) is 0.560. The maximum atomic E-state index is 12.5. The molecule has 1 saturated heterocycles. The minimum absolute atomic E-state index is 0.0307. The number of piperidine rings is 1. The zero-order chi connectivity index (χ0) is 22.3. The number of hydrogen-bond donors (Lipinski definition) is 1. The molecule has 1 aliphatic rings. The second kappa shape index (κ2) is 10.2. The molecule has 1 fully saturated rings. The summed E-state index contributed by atoms with van der Waals surface area (Å²) in [4.78, 5) is 39.7. The van der Waals surface area contributed by atoms with Crippen molar-refractivity contribution < 1.29 is 19.1 Å². The number of nitrogens with one attached hydrogen (secondary N) is 1. The smallest absolute Gasteiger partial charge is 0.309 e. The van der Waals surface area contributed by atoms with Crippen LogP contribution in [0, 0.1) is 5.92 Å². The average molecular weight is 449 g/mol. The predicted octanol–water partition coefficient (Wildman–Crippen LogP) is 4.60. The number of ether oxygens (including phenoxy) is 1. The summed E-state index contributed by atoms with van der Waals surface area (Å²) in [6.45, 7) is 1.28. The van der Waals surface area contributed by atoms with Gasteiger partial charge in [0.2, 0.25) is 0 Å². The minimum Gasteiger partial charge on any atom is -0.461 e. The Morgan fingerprint density at radius 1 is 0.938 bits per heavy atom. The maximum absolute atomic E-state index is 12.5. The van der Waals surface area contributed by atoms with Crippen LogP contribution in [0.5, 0.6) is 0 Å². The van der Waals surface area contributed by atoms with Crippen LogP contribution in [0.2, 0.25) is 0 Å². The van der Waals surface area contributed by atoms with Crippen LogP contribution in [-0.2, 0) is 16.1 Å². The van der Waals surface area contributed by atoms with Crippen molar-refractivity contribution in [3.05, 3.63) is 88.1 Å². The fourth-order valence-electron chi connectivity index (χ4n) is 3.62. The summed E-state index contributed by atoms with van der Waals surface area (Å²) < 4.78 is 5.49. The molecule has 3 aromatic rings. The number of amides is 2. The molecule has 7 heteroatoms. The molecule has 0 aliphatic carbocycles. The van der Waals surface area contributed by atoms with Gasteiger partial charge >= 0.3 is 5.97 Å². The second-order valence-corrected chi connectivity index (χ2v) is 8.62. The van der Waals surface area contributed by atoms with Crippen molar-refractivity contribution in [2.75, 3.05) is 18.4 Å². The van der Waals surface area contributed by atoms with E-state index in [9.17, 15) is 14.4 Å². The van der Waals surface area contributed by atoms with Crippen molar-refractivity contribution in [1.82, 2.24) is 4.90 Å². The first-order valence-electron chi connectivity index (χ1n) is 10.5. The number of nitrogens with zero attached hydrogens (tertiary/aromatic N) is 1. The Balaban J connectivity index is 1.23. The number of carbonyl (C=O) groups is 3. The molecule has 6 nitrogen and oxygen atoms in total. The zero-order valence-electron chi connectivity index (χ0n) is 17.5. The SMILES string of the molecule is O=C(Nc1ccccc1)c1ccc(COC(=O)C2CCN(C(=O)c3cccs3)CC2)cc1. The number of hydrogen-bond acceptors (Lipinski definition) is 5. The van der Waals surface area contributed by atoms with Crippen LogP contribution in [0.15, 0.2) is 72.1 Å². The van der Waals surface area contributed by atoms with Gasteiger partial charge < -0.3 is 15.0 Å². The summed E-state index contributed by atoms with van der Waals surface area (Å²) in [6.07, 6.45) is 1.21. The third-order valence-corrected chi connectivity index (χ3v) is 6.33. The average Bonchev–Trinajstić information content (AvgIpc) is 3.38. The van der Waals surface area contributed by atoms with Gasteiger partial charge in [0.05, 0.1) is 10.8 Å². The molecular weight excluding hydrogens is 424 g/mol. The molecule has 0 bridgehead atoms. The molecule has 164 valence electrons. The van der Waals surface area contributed by atoms with Crippen molar-refractivity contribution >= 4 is 34.8 Å². The molecule has 1 aromatic heterocycles. The number of benzene rings is 2. The first-order valence-corrected chi connectivity index (χ1v) is 11.4. The molecule has 0 spiro atoms. The molecule has 2 amide bonds. The van der Waals surface area contributed by atoms with E-state index in [0.29, 0.717) is 31.5 Å². The van der Waals surface area contributed by atoms with Gasteiger partial charge in [-0.25, -0.2) is 0 Å². The topological polar surface area (TPSA) is 75.7 Å². The highest BCUT2D eigenvalue weighted by molar-refractivity contribution is 7.12. The third kappa shape index (κ3) is 5.42. The number of para-hydroxylation sites is 1. The molecule has 4 rings (SSSR count). The lowest BCUT2D eigenvalue weighted by molar-refractivity contribution is -0.151. The number of carbonyl (C=O) groups excluding carboxylic acids is 3. The maximum Gasteiger partial charge on any atom is 0.309 e. The van der Waals surface area contributed by atoms with Crippen molar-refractivity contribution in [1.29, 1.82) is 0 Å². The summed E-state index contributed by atoms with van der Waals surface area (Å²) in [5, 5.41) is 4.73. The summed E-state index contributed by atoms with van der Waals surface area (Å²) in [5.74, 6) is -0.593. The molecule has 0 unspecified atom stereocenters. The third-order valence-electron chi connectivity index (χ3n) is 5.48. The van der Waals surface area contributed by atoms with Crippen LogP contribution in [0.4, 0.5) is 5.69 Å². The Labute approximate surface area is 190 Å². The second-order valence-electron chi connectivity index (χ2n) is 7.67. The molecule has 1 aliphatic heterocycles. The van der Waals surface area contributed by atoms with E-state index in [4.69, 9.17) is 4.74 Å². The molecule has 2 aromatic carbocycles. The van der Waals surface area contributed by atoms with E-state index >= 15 is 0 Å².